The van der Waals surface area contributed by atoms with E-state index in [4.69, 9.17) is 4.74 Å². The van der Waals surface area contributed by atoms with E-state index in [9.17, 15) is 18.0 Å². The van der Waals surface area contributed by atoms with Gasteiger partial charge < -0.3 is 15.4 Å². The van der Waals surface area contributed by atoms with E-state index in [1.54, 1.807) is 36.0 Å². The van der Waals surface area contributed by atoms with Gasteiger partial charge in [0.2, 0.25) is 0 Å². The van der Waals surface area contributed by atoms with Crippen LogP contribution >= 0.6 is 12.4 Å². The molecule has 0 bridgehead atoms. The highest BCUT2D eigenvalue weighted by Crippen LogP contribution is 2.24. The maximum atomic E-state index is 12.5. The number of aromatic nitrogens is 2. The molecule has 3 rings (SSSR count). The van der Waals surface area contributed by atoms with Gasteiger partial charge in [-0.15, -0.1) is 12.4 Å². The first-order valence-corrected chi connectivity index (χ1v) is 9.15. The second-order valence-electron chi connectivity index (χ2n) is 6.88. The molecule has 1 atom stereocenters. The Morgan fingerprint density at radius 1 is 1.38 bits per heavy atom. The smallest absolute Gasteiger partial charge is 0.422 e. The van der Waals surface area contributed by atoms with E-state index >= 15 is 0 Å². The number of carbonyl (C=O) groups excluding carboxylic acids is 1. The molecule has 1 saturated heterocycles. The molecular weight excluding hydrogens is 409 g/mol. The van der Waals surface area contributed by atoms with Crippen molar-refractivity contribution in [1.82, 2.24) is 20.4 Å². The number of ether oxygens (including phenoxy) is 1. The number of alkyl halides is 3. The van der Waals surface area contributed by atoms with E-state index in [2.05, 4.69) is 15.7 Å². The molecule has 1 amide bonds. The van der Waals surface area contributed by atoms with Gasteiger partial charge in [0.15, 0.2) is 6.61 Å². The minimum Gasteiger partial charge on any atom is -0.484 e. The van der Waals surface area contributed by atoms with E-state index in [0.717, 1.165) is 31.5 Å². The lowest BCUT2D eigenvalue weighted by Crippen LogP contribution is -2.32. The number of carbonyl (C=O) groups is 1. The van der Waals surface area contributed by atoms with Gasteiger partial charge in [-0.05, 0) is 44.0 Å². The van der Waals surface area contributed by atoms with Crippen LogP contribution in [0.25, 0.3) is 0 Å². The van der Waals surface area contributed by atoms with Crippen LogP contribution in [0.4, 0.5) is 13.2 Å². The summed E-state index contributed by atoms with van der Waals surface area (Å²) in [5, 5.41) is 10.3. The van der Waals surface area contributed by atoms with Crippen molar-refractivity contribution < 1.29 is 22.7 Å². The van der Waals surface area contributed by atoms with Gasteiger partial charge in [-0.2, -0.15) is 18.3 Å². The van der Waals surface area contributed by atoms with Crippen LogP contribution in [0.1, 0.15) is 40.5 Å². The molecule has 1 aliphatic rings. The Morgan fingerprint density at radius 3 is 2.86 bits per heavy atom. The van der Waals surface area contributed by atoms with Gasteiger partial charge in [0, 0.05) is 24.8 Å². The Morgan fingerprint density at radius 2 is 2.17 bits per heavy atom. The van der Waals surface area contributed by atoms with Crippen LogP contribution in [-0.2, 0) is 6.54 Å². The molecule has 10 heteroatoms. The number of hydrogen-bond donors (Lipinski definition) is 2. The van der Waals surface area contributed by atoms with Gasteiger partial charge in [0.25, 0.3) is 5.91 Å². The minimum atomic E-state index is -4.43. The molecule has 29 heavy (non-hydrogen) atoms. The fourth-order valence-corrected chi connectivity index (χ4v) is 3.09. The molecule has 0 radical (unpaired) electrons. The molecule has 1 aromatic heterocycles. The molecule has 1 unspecified atom stereocenters. The Bertz CT molecular complexity index is 820. The summed E-state index contributed by atoms with van der Waals surface area (Å²) < 4.78 is 44.0. The van der Waals surface area contributed by atoms with Crippen molar-refractivity contribution in [3.05, 3.63) is 47.3 Å². The zero-order chi connectivity index (χ0) is 20.1. The number of nitrogens with zero attached hydrogens (tertiary/aromatic N) is 2. The molecule has 0 spiro atoms. The van der Waals surface area contributed by atoms with Gasteiger partial charge in [-0.25, -0.2) is 0 Å². The first kappa shape index (κ1) is 23.0. The van der Waals surface area contributed by atoms with Crippen LogP contribution in [0.5, 0.6) is 5.75 Å². The Hall–Kier alpha value is -2.26. The summed E-state index contributed by atoms with van der Waals surface area (Å²) in [6.45, 7) is 2.23. The summed E-state index contributed by atoms with van der Waals surface area (Å²) >= 11 is 0. The monoisotopic (exact) mass is 432 g/mol. The summed E-state index contributed by atoms with van der Waals surface area (Å²) in [5.41, 5.74) is 1.52. The molecule has 2 heterocycles. The third-order valence-corrected chi connectivity index (χ3v) is 4.54. The lowest BCUT2D eigenvalue weighted by Gasteiger charge is -2.22. The van der Waals surface area contributed by atoms with E-state index < -0.39 is 12.8 Å². The van der Waals surface area contributed by atoms with Crippen LogP contribution in [0, 0.1) is 6.92 Å². The second kappa shape index (κ2) is 9.98. The molecule has 0 saturated carbocycles. The van der Waals surface area contributed by atoms with Crippen molar-refractivity contribution in [3.63, 3.8) is 0 Å². The second-order valence-corrected chi connectivity index (χ2v) is 6.88. The molecule has 1 aromatic carbocycles. The van der Waals surface area contributed by atoms with Crippen molar-refractivity contribution >= 4 is 18.3 Å². The quantitative estimate of drug-likeness (QED) is 0.734. The third-order valence-electron chi connectivity index (χ3n) is 4.54. The highest BCUT2D eigenvalue weighted by atomic mass is 35.5. The molecule has 1 aliphatic heterocycles. The average Bonchev–Trinajstić information content (AvgIpc) is 3.16. The molecular formula is C19H24ClF3N4O2. The molecule has 2 aromatic rings. The number of rotatable bonds is 6. The lowest BCUT2D eigenvalue weighted by atomic mass is 10.1. The van der Waals surface area contributed by atoms with E-state index in [1.807, 2.05) is 0 Å². The standard InChI is InChI=1S/C19H23F3N4O2.ClH/c1-13-4-5-14(17(9-13)28-12-19(20,21)22)10-24-18(27)16-6-8-26(25-16)15-3-2-7-23-11-15;/h4-6,8-9,15,23H,2-3,7,10-12H2,1H3,(H,24,27);1H. The minimum absolute atomic E-state index is 0. The largest absolute Gasteiger partial charge is 0.484 e. The predicted octanol–water partition coefficient (Wildman–Crippen LogP) is 3.41. The Labute approximate surface area is 173 Å². The van der Waals surface area contributed by atoms with E-state index in [0.29, 0.717) is 5.56 Å². The van der Waals surface area contributed by atoms with Crippen molar-refractivity contribution in [3.8, 4) is 5.75 Å². The summed E-state index contributed by atoms with van der Waals surface area (Å²) in [7, 11) is 0. The Kier molecular flexibility index (Phi) is 7.92. The molecule has 160 valence electrons. The number of hydrogen-bond acceptors (Lipinski definition) is 4. The fraction of sp³-hybridized carbons (Fsp3) is 0.474. The summed E-state index contributed by atoms with van der Waals surface area (Å²) in [5.74, 6) is -0.277. The topological polar surface area (TPSA) is 68.2 Å². The number of nitrogens with one attached hydrogen (secondary N) is 2. The van der Waals surface area contributed by atoms with Gasteiger partial charge in [-0.3, -0.25) is 9.48 Å². The first-order valence-electron chi connectivity index (χ1n) is 9.15. The lowest BCUT2D eigenvalue weighted by molar-refractivity contribution is -0.153. The molecule has 1 fully saturated rings. The normalized spacial score (nSPS) is 16.8. The predicted molar refractivity (Wildman–Crippen MR) is 105 cm³/mol. The zero-order valence-corrected chi connectivity index (χ0v) is 16.8. The van der Waals surface area contributed by atoms with Crippen LogP contribution in [0.15, 0.2) is 30.5 Å². The number of piperidine rings is 1. The molecule has 2 N–H and O–H groups in total. The number of aryl methyl sites for hydroxylation is 1. The number of benzene rings is 1. The van der Waals surface area contributed by atoms with Crippen molar-refractivity contribution in [2.75, 3.05) is 19.7 Å². The molecule has 0 aliphatic carbocycles. The highest BCUT2D eigenvalue weighted by molar-refractivity contribution is 5.92. The van der Waals surface area contributed by atoms with E-state index in [1.165, 1.54) is 6.07 Å². The van der Waals surface area contributed by atoms with Crippen LogP contribution < -0.4 is 15.4 Å². The number of halogens is 4. The SMILES string of the molecule is Cc1ccc(CNC(=O)c2ccn(C3CCCNC3)n2)c(OCC(F)(F)F)c1.Cl. The molecule has 6 nitrogen and oxygen atoms in total. The zero-order valence-electron chi connectivity index (χ0n) is 16.0. The van der Waals surface area contributed by atoms with Crippen LogP contribution in [0.3, 0.4) is 0 Å². The van der Waals surface area contributed by atoms with E-state index in [-0.39, 0.29) is 42.3 Å². The maximum Gasteiger partial charge on any atom is 0.422 e. The van der Waals surface area contributed by atoms with Gasteiger partial charge >= 0.3 is 6.18 Å². The van der Waals surface area contributed by atoms with Crippen molar-refractivity contribution in [1.29, 1.82) is 0 Å². The number of amides is 1. The van der Waals surface area contributed by atoms with Crippen molar-refractivity contribution in [2.24, 2.45) is 0 Å². The van der Waals surface area contributed by atoms with Crippen LogP contribution in [-0.4, -0.2) is 41.6 Å². The first-order chi connectivity index (χ1) is 13.3. The summed E-state index contributed by atoms with van der Waals surface area (Å²) in [6, 6.07) is 6.79. The van der Waals surface area contributed by atoms with Gasteiger partial charge in [0.05, 0.1) is 6.04 Å². The average molecular weight is 433 g/mol. The highest BCUT2D eigenvalue weighted by Gasteiger charge is 2.29. The maximum absolute atomic E-state index is 12.5. The third kappa shape index (κ3) is 6.64. The van der Waals surface area contributed by atoms with Crippen molar-refractivity contribution in [2.45, 2.75) is 38.5 Å². The summed E-state index contributed by atoms with van der Waals surface area (Å²) in [4.78, 5) is 12.4. The Balaban J connectivity index is 0.00000300. The fourth-order valence-electron chi connectivity index (χ4n) is 3.09. The summed E-state index contributed by atoms with van der Waals surface area (Å²) in [6.07, 6.45) is -0.597. The van der Waals surface area contributed by atoms with Gasteiger partial charge in [0.1, 0.15) is 11.4 Å². The van der Waals surface area contributed by atoms with Crippen LogP contribution in [0.2, 0.25) is 0 Å². The van der Waals surface area contributed by atoms with Gasteiger partial charge in [-0.1, -0.05) is 12.1 Å².